The van der Waals surface area contributed by atoms with E-state index in [4.69, 9.17) is 4.74 Å². The number of nitrogens with zero attached hydrogens (tertiary/aromatic N) is 1. The molecule has 4 nitrogen and oxygen atoms in total. The molecule has 1 aromatic heterocycles. The first-order valence-corrected chi connectivity index (χ1v) is 6.93. The van der Waals surface area contributed by atoms with Gasteiger partial charge >= 0.3 is 0 Å². The second-order valence-electron chi connectivity index (χ2n) is 6.04. The van der Waals surface area contributed by atoms with Crippen molar-refractivity contribution in [3.05, 3.63) is 47.7 Å². The van der Waals surface area contributed by atoms with Gasteiger partial charge in [0.25, 0.3) is 0 Å². The number of aromatic nitrogens is 2. The number of aryl methyl sites for hydroxylation is 1. The summed E-state index contributed by atoms with van der Waals surface area (Å²) in [5.41, 5.74) is 2.19. The van der Waals surface area contributed by atoms with E-state index in [0.29, 0.717) is 5.88 Å². The third-order valence-corrected chi connectivity index (χ3v) is 2.93. The highest BCUT2D eigenvalue weighted by Crippen LogP contribution is 2.21. The Morgan fingerprint density at radius 2 is 1.95 bits per heavy atom. The maximum atomic E-state index is 6.01. The van der Waals surface area contributed by atoms with Crippen LogP contribution in [0.2, 0.25) is 0 Å². The number of hydrogen-bond acceptors (Lipinski definition) is 3. The fourth-order valence-electron chi connectivity index (χ4n) is 1.89. The lowest BCUT2D eigenvalue weighted by atomic mass is 10.1. The zero-order chi connectivity index (χ0) is 14.6. The van der Waals surface area contributed by atoms with Crippen molar-refractivity contribution in [3.63, 3.8) is 0 Å². The molecule has 2 N–H and O–H groups in total. The van der Waals surface area contributed by atoms with Crippen molar-refractivity contribution in [2.24, 2.45) is 0 Å². The van der Waals surface area contributed by atoms with E-state index < -0.39 is 0 Å². The largest absolute Gasteiger partial charge is 0.467 e. The van der Waals surface area contributed by atoms with Gasteiger partial charge in [0.2, 0.25) is 5.88 Å². The van der Waals surface area contributed by atoms with Crippen molar-refractivity contribution < 1.29 is 4.74 Å². The lowest BCUT2D eigenvalue weighted by Crippen LogP contribution is -2.39. The number of aromatic amines is 1. The van der Waals surface area contributed by atoms with Crippen LogP contribution in [0.5, 0.6) is 5.88 Å². The molecule has 4 heteroatoms. The lowest BCUT2D eigenvalue weighted by Gasteiger charge is -2.25. The van der Waals surface area contributed by atoms with Gasteiger partial charge in [0, 0.05) is 23.8 Å². The third-order valence-electron chi connectivity index (χ3n) is 2.93. The highest BCUT2D eigenvalue weighted by atomic mass is 16.5. The summed E-state index contributed by atoms with van der Waals surface area (Å²) in [5.74, 6) is 0.632. The van der Waals surface area contributed by atoms with Crippen LogP contribution in [0.4, 0.5) is 0 Å². The topological polar surface area (TPSA) is 49.9 Å². The zero-order valence-corrected chi connectivity index (χ0v) is 12.6. The summed E-state index contributed by atoms with van der Waals surface area (Å²) in [4.78, 5) is 0. The molecule has 0 amide bonds. The highest BCUT2D eigenvalue weighted by Gasteiger charge is 2.18. The van der Waals surface area contributed by atoms with E-state index in [2.05, 4.69) is 48.4 Å². The SMILES string of the molecule is Cc1cc(OC(CNC(C)(C)C)c2ccccc2)n[nH]1. The molecule has 0 radical (unpaired) electrons. The van der Waals surface area contributed by atoms with E-state index in [1.54, 1.807) is 0 Å². The zero-order valence-electron chi connectivity index (χ0n) is 12.6. The maximum Gasteiger partial charge on any atom is 0.233 e. The van der Waals surface area contributed by atoms with Gasteiger partial charge in [0.05, 0.1) is 0 Å². The molecule has 0 fully saturated rings. The first kappa shape index (κ1) is 14.6. The molecule has 0 saturated carbocycles. The van der Waals surface area contributed by atoms with Crippen molar-refractivity contribution in [1.29, 1.82) is 0 Å². The molecule has 2 aromatic rings. The molecule has 108 valence electrons. The number of rotatable bonds is 5. The number of nitrogens with one attached hydrogen (secondary N) is 2. The van der Waals surface area contributed by atoms with Crippen molar-refractivity contribution >= 4 is 0 Å². The van der Waals surface area contributed by atoms with Gasteiger partial charge in [-0.1, -0.05) is 30.3 Å². The van der Waals surface area contributed by atoms with Gasteiger partial charge in [-0.05, 0) is 33.3 Å². The summed E-state index contributed by atoms with van der Waals surface area (Å²) in [6.45, 7) is 9.14. The van der Waals surface area contributed by atoms with Crippen LogP contribution < -0.4 is 10.1 Å². The van der Waals surface area contributed by atoms with Crippen LogP contribution in [0, 0.1) is 6.92 Å². The summed E-state index contributed by atoms with van der Waals surface area (Å²) >= 11 is 0. The van der Waals surface area contributed by atoms with Crippen molar-refractivity contribution in [1.82, 2.24) is 15.5 Å². The number of H-pyrrole nitrogens is 1. The summed E-state index contributed by atoms with van der Waals surface area (Å²) < 4.78 is 6.01. The molecular weight excluding hydrogens is 250 g/mol. The predicted octanol–water partition coefficient (Wildman–Crippen LogP) is 3.23. The summed E-state index contributed by atoms with van der Waals surface area (Å²) in [6.07, 6.45) is -0.0573. The molecule has 1 atom stereocenters. The summed E-state index contributed by atoms with van der Waals surface area (Å²) in [7, 11) is 0. The van der Waals surface area contributed by atoms with Gasteiger partial charge in [-0.25, -0.2) is 0 Å². The van der Waals surface area contributed by atoms with Gasteiger partial charge in [0.15, 0.2) is 0 Å². The monoisotopic (exact) mass is 273 g/mol. The summed E-state index contributed by atoms with van der Waals surface area (Å²) in [5, 5.41) is 10.5. The van der Waals surface area contributed by atoms with Crippen LogP contribution in [0.15, 0.2) is 36.4 Å². The lowest BCUT2D eigenvalue weighted by molar-refractivity contribution is 0.181. The predicted molar refractivity (Wildman–Crippen MR) is 80.9 cm³/mol. The fourth-order valence-corrected chi connectivity index (χ4v) is 1.89. The molecule has 0 bridgehead atoms. The van der Waals surface area contributed by atoms with Crippen molar-refractivity contribution in [2.45, 2.75) is 39.3 Å². The van der Waals surface area contributed by atoms with Gasteiger partial charge in [-0.15, -0.1) is 5.10 Å². The molecule has 2 rings (SSSR count). The molecule has 1 aromatic carbocycles. The van der Waals surface area contributed by atoms with Gasteiger partial charge in [-0.3, -0.25) is 5.10 Å². The minimum absolute atomic E-state index is 0.0535. The molecule has 0 aliphatic heterocycles. The first-order chi connectivity index (χ1) is 9.44. The molecule has 0 saturated heterocycles. The Balaban J connectivity index is 2.11. The second kappa shape index (κ2) is 6.09. The van der Waals surface area contributed by atoms with Crippen molar-refractivity contribution in [3.8, 4) is 5.88 Å². The van der Waals surface area contributed by atoms with Crippen molar-refractivity contribution in [2.75, 3.05) is 6.54 Å². The average molecular weight is 273 g/mol. The van der Waals surface area contributed by atoms with Gasteiger partial charge in [-0.2, -0.15) is 0 Å². The average Bonchev–Trinajstić information content (AvgIpc) is 2.80. The Labute approximate surface area is 120 Å². The number of hydrogen-bond donors (Lipinski definition) is 2. The molecule has 1 unspecified atom stereocenters. The Kier molecular flexibility index (Phi) is 4.45. The van der Waals surface area contributed by atoms with Crippen LogP contribution in [0.25, 0.3) is 0 Å². The van der Waals surface area contributed by atoms with Gasteiger partial charge < -0.3 is 10.1 Å². The van der Waals surface area contributed by atoms with Crippen LogP contribution >= 0.6 is 0 Å². The molecule has 0 aliphatic rings. The van der Waals surface area contributed by atoms with Crippen LogP contribution in [-0.2, 0) is 0 Å². The van der Waals surface area contributed by atoms with E-state index in [1.807, 2.05) is 31.2 Å². The maximum absolute atomic E-state index is 6.01. The Morgan fingerprint density at radius 1 is 1.25 bits per heavy atom. The first-order valence-electron chi connectivity index (χ1n) is 6.93. The van der Waals surface area contributed by atoms with E-state index in [9.17, 15) is 0 Å². The van der Waals surface area contributed by atoms with Gasteiger partial charge in [0.1, 0.15) is 6.10 Å². The molecule has 20 heavy (non-hydrogen) atoms. The minimum Gasteiger partial charge on any atom is -0.467 e. The minimum atomic E-state index is -0.0573. The third kappa shape index (κ3) is 4.38. The highest BCUT2D eigenvalue weighted by molar-refractivity contribution is 5.21. The normalized spacial score (nSPS) is 13.2. The standard InChI is InChI=1S/C16H23N3O/c1-12-10-15(19-18-12)20-14(11-17-16(2,3)4)13-8-6-5-7-9-13/h5-10,14,17H,11H2,1-4H3,(H,18,19). The van der Waals surface area contributed by atoms with E-state index in [0.717, 1.165) is 17.8 Å². The molecule has 0 spiro atoms. The van der Waals surface area contributed by atoms with E-state index >= 15 is 0 Å². The van der Waals surface area contributed by atoms with E-state index in [-0.39, 0.29) is 11.6 Å². The Hall–Kier alpha value is -1.81. The van der Waals surface area contributed by atoms with Crippen LogP contribution in [-0.4, -0.2) is 22.3 Å². The Morgan fingerprint density at radius 3 is 2.50 bits per heavy atom. The van der Waals surface area contributed by atoms with Crippen LogP contribution in [0.1, 0.15) is 38.1 Å². The Bertz CT molecular complexity index is 528. The smallest absolute Gasteiger partial charge is 0.233 e. The molecule has 1 heterocycles. The quantitative estimate of drug-likeness (QED) is 0.879. The number of benzene rings is 1. The van der Waals surface area contributed by atoms with Crippen LogP contribution in [0.3, 0.4) is 0 Å². The fraction of sp³-hybridized carbons (Fsp3) is 0.438. The number of ether oxygens (including phenoxy) is 1. The summed E-state index contributed by atoms with van der Waals surface area (Å²) in [6, 6.07) is 12.1. The van der Waals surface area contributed by atoms with E-state index in [1.165, 1.54) is 0 Å². The second-order valence-corrected chi connectivity index (χ2v) is 6.04. The molecule has 0 aliphatic carbocycles. The molecular formula is C16H23N3O.